The van der Waals surface area contributed by atoms with Crippen LogP contribution in [0.1, 0.15) is 21.6 Å². The van der Waals surface area contributed by atoms with Crippen LogP contribution < -0.4 is 15.6 Å². The van der Waals surface area contributed by atoms with Crippen LogP contribution >= 0.6 is 0 Å². The van der Waals surface area contributed by atoms with Crippen molar-refractivity contribution in [2.75, 3.05) is 41.9 Å². The monoisotopic (exact) mass is 456 g/mol. The number of hydrazone groups is 1. The molecule has 4 aromatic rings. The zero-order valence-electron chi connectivity index (χ0n) is 18.7. The number of ether oxygens (including phenoxy) is 1. The molecule has 34 heavy (non-hydrogen) atoms. The van der Waals surface area contributed by atoms with E-state index in [2.05, 4.69) is 35.7 Å². The van der Waals surface area contributed by atoms with Crippen LogP contribution in [-0.2, 0) is 4.74 Å². The van der Waals surface area contributed by atoms with Crippen LogP contribution in [0, 0.1) is 6.92 Å². The number of fused-ring (bicyclic) bond motifs is 1. The molecule has 1 amide bonds. The Balaban J connectivity index is 1.45. The molecule has 0 saturated carbocycles. The van der Waals surface area contributed by atoms with Gasteiger partial charge in [0, 0.05) is 19.3 Å². The van der Waals surface area contributed by atoms with Crippen molar-refractivity contribution in [1.82, 2.24) is 19.9 Å². The lowest BCUT2D eigenvalue weighted by Gasteiger charge is -2.28. The molecule has 0 aliphatic carbocycles. The number of H-pyrrole nitrogens is 1. The minimum Gasteiger partial charge on any atom is -0.378 e. The molecule has 10 heteroatoms. The Morgan fingerprint density at radius 2 is 2.06 bits per heavy atom. The van der Waals surface area contributed by atoms with Gasteiger partial charge in [0.25, 0.3) is 5.91 Å². The molecule has 10 nitrogen and oxygen atoms in total. The Morgan fingerprint density at radius 1 is 1.18 bits per heavy atom. The number of carbonyl (C=O) groups excluding carboxylic acids is 1. The summed E-state index contributed by atoms with van der Waals surface area (Å²) in [7, 11) is 0. The molecule has 1 aromatic carbocycles. The third-order valence-electron chi connectivity index (χ3n) is 5.35. The highest BCUT2D eigenvalue weighted by Gasteiger charge is 2.21. The van der Waals surface area contributed by atoms with Gasteiger partial charge in [-0.25, -0.2) is 10.4 Å². The highest BCUT2D eigenvalue weighted by Crippen LogP contribution is 2.27. The van der Waals surface area contributed by atoms with E-state index in [0.717, 1.165) is 11.1 Å². The van der Waals surface area contributed by atoms with Crippen molar-refractivity contribution >= 4 is 40.6 Å². The average molecular weight is 457 g/mol. The van der Waals surface area contributed by atoms with Crippen LogP contribution in [0.5, 0.6) is 0 Å². The number of hydrogen-bond donors (Lipinski definition) is 3. The Bertz CT molecular complexity index is 1330. The van der Waals surface area contributed by atoms with E-state index in [1.807, 2.05) is 31.2 Å². The molecule has 0 radical (unpaired) electrons. The van der Waals surface area contributed by atoms with E-state index in [-0.39, 0.29) is 5.91 Å². The zero-order chi connectivity index (χ0) is 23.3. The number of carbonyl (C=O) groups is 1. The summed E-state index contributed by atoms with van der Waals surface area (Å²) in [6.45, 7) is 4.62. The third kappa shape index (κ3) is 4.86. The van der Waals surface area contributed by atoms with Crippen molar-refractivity contribution < 1.29 is 9.53 Å². The van der Waals surface area contributed by atoms with Crippen LogP contribution in [0.4, 0.5) is 17.5 Å². The molecular weight excluding hydrogens is 432 g/mol. The molecule has 4 heterocycles. The number of amides is 1. The number of aryl methyl sites for hydroxylation is 1. The van der Waals surface area contributed by atoms with Crippen molar-refractivity contribution in [1.29, 1.82) is 0 Å². The first-order chi connectivity index (χ1) is 16.7. The number of benzene rings is 1. The summed E-state index contributed by atoms with van der Waals surface area (Å²) < 4.78 is 5.49. The van der Waals surface area contributed by atoms with Crippen LogP contribution in [0.3, 0.4) is 0 Å². The SMILES string of the molecule is Cc1cccc(/C=N/Nc2nc(N3CCOCC3)c3[nH]c(C(=O)Nc4cccnc4)cc3n2)c1. The number of morpholine rings is 1. The molecule has 0 unspecified atom stereocenters. The lowest BCUT2D eigenvalue weighted by molar-refractivity contribution is 0.102. The van der Waals surface area contributed by atoms with Gasteiger partial charge in [-0.2, -0.15) is 10.1 Å². The number of nitrogens with one attached hydrogen (secondary N) is 3. The van der Waals surface area contributed by atoms with Crippen LogP contribution in [0.2, 0.25) is 0 Å². The number of aromatic nitrogens is 4. The van der Waals surface area contributed by atoms with Gasteiger partial charge in [0.15, 0.2) is 5.82 Å². The Kier molecular flexibility index (Phi) is 6.13. The van der Waals surface area contributed by atoms with E-state index in [0.29, 0.717) is 60.5 Å². The fourth-order valence-corrected chi connectivity index (χ4v) is 3.72. The molecule has 3 aromatic heterocycles. The summed E-state index contributed by atoms with van der Waals surface area (Å²) in [6, 6.07) is 13.3. The number of pyridine rings is 1. The topological polar surface area (TPSA) is 120 Å². The Hall–Kier alpha value is -4.31. The van der Waals surface area contributed by atoms with Gasteiger partial charge in [0.1, 0.15) is 11.2 Å². The van der Waals surface area contributed by atoms with E-state index in [1.165, 1.54) is 0 Å². The molecule has 172 valence electrons. The van der Waals surface area contributed by atoms with E-state index in [9.17, 15) is 4.79 Å². The molecule has 1 aliphatic rings. The fourth-order valence-electron chi connectivity index (χ4n) is 3.72. The van der Waals surface area contributed by atoms with Crippen molar-refractivity contribution in [2.24, 2.45) is 5.10 Å². The summed E-state index contributed by atoms with van der Waals surface area (Å²) in [5, 5.41) is 7.14. The minimum atomic E-state index is -0.286. The van der Waals surface area contributed by atoms with Crippen LogP contribution in [-0.4, -0.2) is 58.4 Å². The maximum atomic E-state index is 12.8. The molecule has 1 aliphatic heterocycles. The van der Waals surface area contributed by atoms with Gasteiger partial charge >= 0.3 is 0 Å². The first kappa shape index (κ1) is 21.5. The first-order valence-electron chi connectivity index (χ1n) is 11.0. The summed E-state index contributed by atoms with van der Waals surface area (Å²) >= 11 is 0. The van der Waals surface area contributed by atoms with Crippen molar-refractivity contribution in [3.05, 3.63) is 71.7 Å². The van der Waals surface area contributed by atoms with Crippen molar-refractivity contribution in [3.8, 4) is 0 Å². The first-order valence-corrected chi connectivity index (χ1v) is 11.0. The van der Waals surface area contributed by atoms with Crippen LogP contribution in [0.25, 0.3) is 11.0 Å². The largest absolute Gasteiger partial charge is 0.378 e. The van der Waals surface area contributed by atoms with E-state index < -0.39 is 0 Å². The molecule has 1 fully saturated rings. The number of aromatic amines is 1. The second kappa shape index (κ2) is 9.67. The number of rotatable bonds is 6. The Labute approximate surface area is 196 Å². The fraction of sp³-hybridized carbons (Fsp3) is 0.208. The highest BCUT2D eigenvalue weighted by molar-refractivity contribution is 6.06. The van der Waals surface area contributed by atoms with Gasteiger partial charge in [-0.3, -0.25) is 9.78 Å². The van der Waals surface area contributed by atoms with E-state index >= 15 is 0 Å². The molecule has 0 atom stereocenters. The zero-order valence-corrected chi connectivity index (χ0v) is 18.7. The molecule has 5 rings (SSSR count). The second-order valence-electron chi connectivity index (χ2n) is 7.89. The highest BCUT2D eigenvalue weighted by atomic mass is 16.5. The minimum absolute atomic E-state index is 0.286. The normalized spacial score (nSPS) is 14.0. The quantitative estimate of drug-likeness (QED) is 0.301. The summed E-state index contributed by atoms with van der Waals surface area (Å²) in [5.74, 6) is 0.754. The standard InChI is InChI=1S/C24H24N8O2/c1-16-4-2-5-17(12-16)14-26-31-24-29-19-13-20(23(33)27-18-6-3-7-25-15-18)28-21(19)22(30-24)32-8-10-34-11-9-32/h2-7,12-15,28H,8-11H2,1H3,(H,27,33)(H,29,30,31)/b26-14+. The van der Waals surface area contributed by atoms with Gasteiger partial charge in [-0.15, -0.1) is 0 Å². The number of nitrogens with zero attached hydrogens (tertiary/aromatic N) is 5. The van der Waals surface area contributed by atoms with E-state index in [4.69, 9.17) is 9.72 Å². The number of hydrogen-bond acceptors (Lipinski definition) is 8. The Morgan fingerprint density at radius 3 is 2.85 bits per heavy atom. The lowest BCUT2D eigenvalue weighted by atomic mass is 10.2. The van der Waals surface area contributed by atoms with Crippen LogP contribution in [0.15, 0.2) is 60.0 Å². The van der Waals surface area contributed by atoms with Crippen molar-refractivity contribution in [2.45, 2.75) is 6.92 Å². The van der Waals surface area contributed by atoms with Gasteiger partial charge in [0.05, 0.1) is 36.8 Å². The van der Waals surface area contributed by atoms with E-state index in [1.54, 1.807) is 36.8 Å². The lowest BCUT2D eigenvalue weighted by Crippen LogP contribution is -2.37. The predicted molar refractivity (Wildman–Crippen MR) is 132 cm³/mol. The summed E-state index contributed by atoms with van der Waals surface area (Å²) in [5.41, 5.74) is 7.34. The van der Waals surface area contributed by atoms with Gasteiger partial charge < -0.3 is 19.9 Å². The number of anilines is 3. The maximum absolute atomic E-state index is 12.8. The maximum Gasteiger partial charge on any atom is 0.272 e. The summed E-state index contributed by atoms with van der Waals surface area (Å²) in [6.07, 6.45) is 4.96. The third-order valence-corrected chi connectivity index (χ3v) is 5.35. The predicted octanol–water partition coefficient (Wildman–Crippen LogP) is 3.20. The second-order valence-corrected chi connectivity index (χ2v) is 7.89. The molecular formula is C24H24N8O2. The van der Waals surface area contributed by atoms with Gasteiger partial charge in [-0.1, -0.05) is 29.8 Å². The van der Waals surface area contributed by atoms with Gasteiger partial charge in [-0.05, 0) is 30.7 Å². The molecule has 3 N–H and O–H groups in total. The summed E-state index contributed by atoms with van der Waals surface area (Å²) in [4.78, 5) is 31.4. The molecule has 0 spiro atoms. The average Bonchev–Trinajstić information content (AvgIpc) is 3.29. The molecule has 0 bridgehead atoms. The smallest absolute Gasteiger partial charge is 0.272 e. The van der Waals surface area contributed by atoms with Gasteiger partial charge in [0.2, 0.25) is 5.95 Å². The van der Waals surface area contributed by atoms with Crippen molar-refractivity contribution in [3.63, 3.8) is 0 Å². The molecule has 1 saturated heterocycles.